The van der Waals surface area contributed by atoms with Crippen LogP contribution in [0.15, 0.2) is 0 Å². The second-order valence-corrected chi connectivity index (χ2v) is 3.71. The van der Waals surface area contributed by atoms with Gasteiger partial charge in [-0.1, -0.05) is 32.6 Å². The molecule has 0 aromatic heterocycles. The summed E-state index contributed by atoms with van der Waals surface area (Å²) in [5, 5.41) is 0. The van der Waals surface area contributed by atoms with Gasteiger partial charge in [0, 0.05) is 20.6 Å². The molecule has 0 heterocycles. The highest BCUT2D eigenvalue weighted by molar-refractivity contribution is 4.61. The molecule has 0 amide bonds. The Morgan fingerprint density at radius 2 is 1.46 bits per heavy atom. The van der Waals surface area contributed by atoms with Gasteiger partial charge >= 0.3 is 0 Å². The number of ether oxygens (including phenoxy) is 2. The predicted octanol–water partition coefficient (Wildman–Crippen LogP) is 3.36. The van der Waals surface area contributed by atoms with Crippen molar-refractivity contribution in [2.45, 2.75) is 58.2 Å². The van der Waals surface area contributed by atoms with Crippen LogP contribution >= 0.6 is 0 Å². The molecule has 0 unspecified atom stereocenters. The molecule has 0 saturated carbocycles. The summed E-state index contributed by atoms with van der Waals surface area (Å²) in [6.45, 7) is 4.22. The third-order valence-electron chi connectivity index (χ3n) is 2.60. The topological polar surface area (TPSA) is 18.5 Å². The van der Waals surface area contributed by atoms with E-state index in [0.717, 1.165) is 6.42 Å². The SMILES string of the molecule is CCCCCCCC(C)(OC)OC. The fourth-order valence-electron chi connectivity index (χ4n) is 1.34. The van der Waals surface area contributed by atoms with E-state index in [4.69, 9.17) is 9.47 Å². The number of unbranched alkanes of at least 4 members (excludes halogenated alkanes) is 4. The van der Waals surface area contributed by atoms with Crippen molar-refractivity contribution in [1.82, 2.24) is 0 Å². The molecule has 0 saturated heterocycles. The molecule has 0 aromatic rings. The second kappa shape index (κ2) is 7.34. The first-order chi connectivity index (χ1) is 6.18. The first kappa shape index (κ1) is 12.9. The van der Waals surface area contributed by atoms with Crippen LogP contribution in [0, 0.1) is 0 Å². The van der Waals surface area contributed by atoms with E-state index in [1.54, 1.807) is 14.2 Å². The average molecular weight is 188 g/mol. The highest BCUT2D eigenvalue weighted by Gasteiger charge is 2.21. The molecule has 0 rings (SSSR count). The Labute approximate surface area is 82.6 Å². The molecule has 80 valence electrons. The number of methoxy groups -OCH3 is 2. The van der Waals surface area contributed by atoms with Crippen LogP contribution in [-0.4, -0.2) is 20.0 Å². The van der Waals surface area contributed by atoms with E-state index in [1.807, 2.05) is 6.92 Å². The average Bonchev–Trinajstić information content (AvgIpc) is 2.17. The second-order valence-electron chi connectivity index (χ2n) is 3.71. The van der Waals surface area contributed by atoms with Crippen molar-refractivity contribution in [3.05, 3.63) is 0 Å². The van der Waals surface area contributed by atoms with Gasteiger partial charge in [-0.15, -0.1) is 0 Å². The van der Waals surface area contributed by atoms with Crippen LogP contribution in [-0.2, 0) is 9.47 Å². The molecule has 0 N–H and O–H groups in total. The molecular formula is C11H24O2. The number of hydrogen-bond donors (Lipinski definition) is 0. The summed E-state index contributed by atoms with van der Waals surface area (Å²) in [6.07, 6.45) is 7.44. The summed E-state index contributed by atoms with van der Waals surface area (Å²) >= 11 is 0. The summed E-state index contributed by atoms with van der Waals surface area (Å²) in [4.78, 5) is 0. The summed E-state index contributed by atoms with van der Waals surface area (Å²) in [5.41, 5.74) is 0. The van der Waals surface area contributed by atoms with Gasteiger partial charge in [0.2, 0.25) is 0 Å². The van der Waals surface area contributed by atoms with E-state index in [-0.39, 0.29) is 5.79 Å². The molecule has 0 aliphatic rings. The molecule has 0 fully saturated rings. The van der Waals surface area contributed by atoms with Crippen molar-refractivity contribution in [2.75, 3.05) is 14.2 Å². The van der Waals surface area contributed by atoms with Crippen LogP contribution in [0.25, 0.3) is 0 Å². The van der Waals surface area contributed by atoms with Gasteiger partial charge in [-0.05, 0) is 13.3 Å². The molecule has 2 heteroatoms. The molecule has 0 radical (unpaired) electrons. The smallest absolute Gasteiger partial charge is 0.164 e. The fraction of sp³-hybridized carbons (Fsp3) is 1.00. The van der Waals surface area contributed by atoms with Gasteiger partial charge in [0.1, 0.15) is 0 Å². The van der Waals surface area contributed by atoms with Crippen molar-refractivity contribution in [1.29, 1.82) is 0 Å². The van der Waals surface area contributed by atoms with Crippen molar-refractivity contribution < 1.29 is 9.47 Å². The Morgan fingerprint density at radius 1 is 0.923 bits per heavy atom. The van der Waals surface area contributed by atoms with Crippen LogP contribution in [0.1, 0.15) is 52.4 Å². The van der Waals surface area contributed by atoms with Gasteiger partial charge < -0.3 is 9.47 Å². The largest absolute Gasteiger partial charge is 0.353 e. The first-order valence-electron chi connectivity index (χ1n) is 5.29. The molecule has 0 aliphatic heterocycles. The Balaban J connectivity index is 3.39. The maximum Gasteiger partial charge on any atom is 0.164 e. The number of hydrogen-bond acceptors (Lipinski definition) is 2. The van der Waals surface area contributed by atoms with Crippen molar-refractivity contribution in [3.8, 4) is 0 Å². The lowest BCUT2D eigenvalue weighted by molar-refractivity contribution is -0.197. The molecular weight excluding hydrogens is 164 g/mol. The Hall–Kier alpha value is -0.0800. The van der Waals surface area contributed by atoms with Crippen LogP contribution in [0.2, 0.25) is 0 Å². The lowest BCUT2D eigenvalue weighted by Crippen LogP contribution is -2.29. The van der Waals surface area contributed by atoms with Gasteiger partial charge in [0.25, 0.3) is 0 Å². The lowest BCUT2D eigenvalue weighted by atomic mass is 10.1. The first-order valence-corrected chi connectivity index (χ1v) is 5.29. The molecule has 0 aromatic carbocycles. The summed E-state index contributed by atoms with van der Waals surface area (Å²) < 4.78 is 10.5. The van der Waals surface area contributed by atoms with Crippen molar-refractivity contribution in [3.63, 3.8) is 0 Å². The fourth-order valence-corrected chi connectivity index (χ4v) is 1.34. The van der Waals surface area contributed by atoms with Crippen molar-refractivity contribution >= 4 is 0 Å². The molecule has 2 nitrogen and oxygen atoms in total. The standard InChI is InChI=1S/C11H24O2/c1-5-6-7-8-9-10-11(2,12-3)13-4/h5-10H2,1-4H3. The quantitative estimate of drug-likeness (QED) is 0.429. The summed E-state index contributed by atoms with van der Waals surface area (Å²) in [6, 6.07) is 0. The zero-order chi connectivity index (χ0) is 10.2. The lowest BCUT2D eigenvalue weighted by Gasteiger charge is -2.26. The Bertz CT molecular complexity index is 109. The molecule has 0 aliphatic carbocycles. The zero-order valence-corrected chi connectivity index (χ0v) is 9.56. The normalized spacial score (nSPS) is 12.0. The van der Waals surface area contributed by atoms with Crippen molar-refractivity contribution in [2.24, 2.45) is 0 Å². The van der Waals surface area contributed by atoms with Gasteiger partial charge in [0.05, 0.1) is 0 Å². The minimum absolute atomic E-state index is 0.369. The van der Waals surface area contributed by atoms with Gasteiger partial charge in [-0.3, -0.25) is 0 Å². The van der Waals surface area contributed by atoms with Crippen LogP contribution < -0.4 is 0 Å². The molecule has 0 atom stereocenters. The monoisotopic (exact) mass is 188 g/mol. The minimum Gasteiger partial charge on any atom is -0.353 e. The zero-order valence-electron chi connectivity index (χ0n) is 9.56. The molecule has 0 bridgehead atoms. The van der Waals surface area contributed by atoms with E-state index in [9.17, 15) is 0 Å². The van der Waals surface area contributed by atoms with Crippen LogP contribution in [0.4, 0.5) is 0 Å². The van der Waals surface area contributed by atoms with E-state index in [0.29, 0.717) is 0 Å². The predicted molar refractivity (Wildman–Crippen MR) is 55.8 cm³/mol. The van der Waals surface area contributed by atoms with Gasteiger partial charge in [-0.25, -0.2) is 0 Å². The molecule has 13 heavy (non-hydrogen) atoms. The maximum absolute atomic E-state index is 5.27. The Morgan fingerprint density at radius 3 is 1.92 bits per heavy atom. The van der Waals surface area contributed by atoms with E-state index >= 15 is 0 Å². The van der Waals surface area contributed by atoms with Gasteiger partial charge in [-0.2, -0.15) is 0 Å². The van der Waals surface area contributed by atoms with Gasteiger partial charge in [0.15, 0.2) is 5.79 Å². The van der Waals surface area contributed by atoms with E-state index < -0.39 is 0 Å². The third-order valence-corrected chi connectivity index (χ3v) is 2.60. The number of rotatable bonds is 8. The summed E-state index contributed by atoms with van der Waals surface area (Å²) in [5.74, 6) is -0.369. The summed E-state index contributed by atoms with van der Waals surface area (Å²) in [7, 11) is 3.41. The van der Waals surface area contributed by atoms with Crippen LogP contribution in [0.5, 0.6) is 0 Å². The highest BCUT2D eigenvalue weighted by Crippen LogP contribution is 2.19. The highest BCUT2D eigenvalue weighted by atomic mass is 16.7. The maximum atomic E-state index is 5.27. The van der Waals surface area contributed by atoms with Crippen LogP contribution in [0.3, 0.4) is 0 Å². The minimum atomic E-state index is -0.369. The third kappa shape index (κ3) is 6.05. The molecule has 0 spiro atoms. The Kier molecular flexibility index (Phi) is 7.29. The van der Waals surface area contributed by atoms with E-state index in [2.05, 4.69) is 6.92 Å². The van der Waals surface area contributed by atoms with E-state index in [1.165, 1.54) is 32.1 Å².